The number of likely N-dealkylation sites (tertiary alicyclic amines) is 1. The molecule has 1 aliphatic heterocycles. The van der Waals surface area contributed by atoms with Crippen molar-refractivity contribution >= 4 is 35.0 Å². The molecule has 0 radical (unpaired) electrons. The van der Waals surface area contributed by atoms with Gasteiger partial charge < -0.3 is 25.0 Å². The third kappa shape index (κ3) is 9.97. The van der Waals surface area contributed by atoms with Gasteiger partial charge in [0.2, 0.25) is 11.8 Å². The summed E-state index contributed by atoms with van der Waals surface area (Å²) in [6.45, 7) is 10.9. The summed E-state index contributed by atoms with van der Waals surface area (Å²) in [6, 6.07) is -1.82. The zero-order valence-corrected chi connectivity index (χ0v) is 28.3. The van der Waals surface area contributed by atoms with Gasteiger partial charge in [0.15, 0.2) is 0 Å². The number of nitrogens with one attached hydrogen (secondary N) is 2. The maximum absolute atomic E-state index is 14.0. The molecule has 1 fully saturated rings. The van der Waals surface area contributed by atoms with Crippen molar-refractivity contribution in [2.24, 2.45) is 11.8 Å². The van der Waals surface area contributed by atoms with Crippen LogP contribution >= 0.6 is 11.3 Å². The Morgan fingerprint density at radius 3 is 2.40 bits per heavy atom. The number of hydrogen-bond donors (Lipinski definition) is 2. The first-order chi connectivity index (χ1) is 20.4. The molecule has 2 heterocycles. The predicted molar refractivity (Wildman–Crippen MR) is 168 cm³/mol. The Morgan fingerprint density at radius 1 is 1.14 bits per heavy atom. The molecule has 3 amide bonds. The number of methoxy groups -OCH3 is 2. The van der Waals surface area contributed by atoms with Gasteiger partial charge in [-0.2, -0.15) is 0 Å². The second kappa shape index (κ2) is 17.7. The lowest BCUT2D eigenvalue weighted by Gasteiger charge is -2.38. The fraction of sp³-hybridized carbons (Fsp3) is 0.774. The summed E-state index contributed by atoms with van der Waals surface area (Å²) in [7, 11) is 6.63. The van der Waals surface area contributed by atoms with Crippen LogP contribution in [0.15, 0.2) is 5.38 Å². The Kier molecular flexibility index (Phi) is 15.0. The fourth-order valence-electron chi connectivity index (χ4n) is 5.57. The first-order valence-electron chi connectivity index (χ1n) is 15.5. The Morgan fingerprint density at radius 2 is 1.84 bits per heavy atom. The molecule has 1 aromatic heterocycles. The minimum absolute atomic E-state index is 0.0413. The zero-order valence-electron chi connectivity index (χ0n) is 27.5. The zero-order chi connectivity index (χ0) is 32.3. The third-order valence-electron chi connectivity index (χ3n) is 8.60. The molecule has 11 nitrogen and oxygen atoms in total. The van der Waals surface area contributed by atoms with E-state index >= 15 is 0 Å². The summed E-state index contributed by atoms with van der Waals surface area (Å²) in [5.74, 6) is -1.12. The van der Waals surface area contributed by atoms with E-state index < -0.39 is 30.1 Å². The molecule has 0 saturated carbocycles. The predicted octanol–water partition coefficient (Wildman–Crippen LogP) is 3.79. The monoisotopic (exact) mass is 623 g/mol. The van der Waals surface area contributed by atoms with Gasteiger partial charge in [-0.05, 0) is 44.7 Å². The number of carbonyl (C=O) groups excluding carboxylic acids is 4. The van der Waals surface area contributed by atoms with Crippen molar-refractivity contribution in [1.29, 1.82) is 0 Å². The summed E-state index contributed by atoms with van der Waals surface area (Å²) < 4.78 is 10.6. The van der Waals surface area contributed by atoms with Crippen molar-refractivity contribution in [2.75, 3.05) is 34.9 Å². The van der Waals surface area contributed by atoms with Crippen LogP contribution in [0.1, 0.15) is 101 Å². The molecule has 2 N–H and O–H groups in total. The molecule has 0 spiro atoms. The number of nitrogens with zero attached hydrogens (tertiary/aromatic N) is 3. The highest BCUT2D eigenvalue weighted by Crippen LogP contribution is 2.30. The van der Waals surface area contributed by atoms with E-state index in [2.05, 4.69) is 34.4 Å². The van der Waals surface area contributed by atoms with Crippen molar-refractivity contribution in [2.45, 2.75) is 110 Å². The summed E-state index contributed by atoms with van der Waals surface area (Å²) in [6.07, 6.45) is 4.77. The number of hydrogen-bond acceptors (Lipinski definition) is 9. The number of aromatic nitrogens is 1. The molecule has 1 aliphatic rings. The molecule has 1 aromatic rings. The van der Waals surface area contributed by atoms with Crippen molar-refractivity contribution < 1.29 is 28.7 Å². The van der Waals surface area contributed by atoms with Gasteiger partial charge in [0.25, 0.3) is 5.91 Å². The van der Waals surface area contributed by atoms with Crippen molar-refractivity contribution in [3.63, 3.8) is 0 Å². The topological polar surface area (TPSA) is 130 Å². The molecule has 0 aromatic carbocycles. The van der Waals surface area contributed by atoms with E-state index in [9.17, 15) is 19.2 Å². The van der Waals surface area contributed by atoms with Crippen LogP contribution in [0, 0.1) is 11.8 Å². The highest BCUT2D eigenvalue weighted by atomic mass is 32.1. The van der Waals surface area contributed by atoms with Gasteiger partial charge in [-0.3, -0.25) is 19.3 Å². The van der Waals surface area contributed by atoms with Gasteiger partial charge in [-0.1, -0.05) is 53.9 Å². The van der Waals surface area contributed by atoms with Gasteiger partial charge in [0, 0.05) is 32.0 Å². The van der Waals surface area contributed by atoms with Gasteiger partial charge >= 0.3 is 5.97 Å². The lowest BCUT2D eigenvalue weighted by atomic mass is 9.92. The molecular weight excluding hydrogens is 570 g/mol. The third-order valence-corrected chi connectivity index (χ3v) is 9.54. The smallest absolute Gasteiger partial charge is 0.328 e. The summed E-state index contributed by atoms with van der Waals surface area (Å²) in [5, 5.41) is 8.07. The standard InChI is InChI=1S/C31H53N5O6S/c1-10-14-21(31(40)42-9)32-27(37)22-18-43-29(33-22)25(41-8)17-24(19(3)4)36(7)30(39)26(20(5)11-2)34-28(38)23-15-12-13-16-35(23)6/h18-21,23-26H,10-17H2,1-9H3,(H,32,37)(H,34,38)/t20-,21?,23+,24+,25+,26-/m0/s1. The van der Waals surface area contributed by atoms with Crippen LogP contribution in [0.4, 0.5) is 0 Å². The largest absolute Gasteiger partial charge is 0.467 e. The van der Waals surface area contributed by atoms with E-state index in [0.29, 0.717) is 24.3 Å². The van der Waals surface area contributed by atoms with E-state index in [1.54, 1.807) is 24.4 Å². The Hall–Kier alpha value is -2.57. The highest BCUT2D eigenvalue weighted by Gasteiger charge is 2.37. The van der Waals surface area contributed by atoms with Crippen LogP contribution in [0.25, 0.3) is 0 Å². The van der Waals surface area contributed by atoms with Crippen LogP contribution in [-0.2, 0) is 23.9 Å². The average molecular weight is 624 g/mol. The van der Waals surface area contributed by atoms with Crippen LogP contribution in [0.2, 0.25) is 0 Å². The van der Waals surface area contributed by atoms with E-state index in [1.165, 1.54) is 18.4 Å². The molecule has 244 valence electrons. The minimum Gasteiger partial charge on any atom is -0.467 e. The van der Waals surface area contributed by atoms with Crippen molar-refractivity contribution in [3.8, 4) is 0 Å². The molecule has 2 rings (SSSR count). The molecule has 12 heteroatoms. The van der Waals surface area contributed by atoms with Gasteiger partial charge in [-0.15, -0.1) is 11.3 Å². The molecule has 1 unspecified atom stereocenters. The van der Waals surface area contributed by atoms with Crippen LogP contribution in [-0.4, -0.2) is 97.5 Å². The number of rotatable bonds is 16. The van der Waals surface area contributed by atoms with E-state index in [4.69, 9.17) is 9.47 Å². The molecular formula is C31H53N5O6S. The molecule has 1 saturated heterocycles. The maximum atomic E-state index is 14.0. The normalized spacial score (nSPS) is 19.2. The van der Waals surface area contributed by atoms with Crippen LogP contribution < -0.4 is 10.6 Å². The average Bonchev–Trinajstić information content (AvgIpc) is 3.49. The fourth-order valence-corrected chi connectivity index (χ4v) is 6.46. The van der Waals surface area contributed by atoms with Gasteiger partial charge in [-0.25, -0.2) is 9.78 Å². The Bertz CT molecular complexity index is 1070. The first-order valence-corrected chi connectivity index (χ1v) is 16.4. The SMILES string of the molecule is CCCC(NC(=O)c1csc([C@@H](C[C@H](C(C)C)N(C)C(=O)[C@@H](NC(=O)[C@H]2CCCCN2C)[C@@H](C)CC)OC)n1)C(=O)OC. The molecule has 0 bridgehead atoms. The second-order valence-corrected chi connectivity index (χ2v) is 12.9. The van der Waals surface area contributed by atoms with Crippen LogP contribution in [0.5, 0.6) is 0 Å². The minimum atomic E-state index is -0.742. The number of piperidine rings is 1. The molecule has 6 atom stereocenters. The molecule has 0 aliphatic carbocycles. The van der Waals surface area contributed by atoms with E-state index in [1.807, 2.05) is 27.8 Å². The number of thiazole rings is 1. The van der Waals surface area contributed by atoms with Crippen LogP contribution in [0.3, 0.4) is 0 Å². The highest BCUT2D eigenvalue weighted by molar-refractivity contribution is 7.09. The number of carbonyl (C=O) groups is 4. The Balaban J connectivity index is 2.20. The van der Waals surface area contributed by atoms with Crippen molar-refractivity contribution in [1.82, 2.24) is 25.4 Å². The first kappa shape index (κ1) is 36.6. The number of likely N-dealkylation sites (N-methyl/N-ethyl adjacent to an activating group) is 2. The lowest BCUT2D eigenvalue weighted by molar-refractivity contribution is -0.143. The Labute approximate surface area is 261 Å². The number of ether oxygens (including phenoxy) is 2. The summed E-state index contributed by atoms with van der Waals surface area (Å²) in [5.41, 5.74) is 0.199. The lowest BCUT2D eigenvalue weighted by Crippen LogP contribution is -2.58. The summed E-state index contributed by atoms with van der Waals surface area (Å²) in [4.78, 5) is 60.6. The van der Waals surface area contributed by atoms with E-state index in [-0.39, 0.29) is 41.4 Å². The van der Waals surface area contributed by atoms with E-state index in [0.717, 1.165) is 32.2 Å². The maximum Gasteiger partial charge on any atom is 0.328 e. The quantitative estimate of drug-likeness (QED) is 0.266. The summed E-state index contributed by atoms with van der Waals surface area (Å²) >= 11 is 1.30. The number of amides is 3. The van der Waals surface area contributed by atoms with Gasteiger partial charge in [0.05, 0.1) is 13.2 Å². The number of esters is 1. The second-order valence-electron chi connectivity index (χ2n) is 12.0. The van der Waals surface area contributed by atoms with Crippen molar-refractivity contribution in [3.05, 3.63) is 16.1 Å². The molecule has 43 heavy (non-hydrogen) atoms. The van der Waals surface area contributed by atoms with Gasteiger partial charge in [0.1, 0.15) is 28.9 Å².